The molecule has 3 rings (SSSR count). The van der Waals surface area contributed by atoms with E-state index in [1.807, 2.05) is 30.3 Å². The molecular weight excluding hydrogens is 548 g/mol. The Balaban J connectivity index is 1.80. The average molecular weight is 591 g/mol. The summed E-state index contributed by atoms with van der Waals surface area (Å²) in [6.45, 7) is 3.03. The van der Waals surface area contributed by atoms with E-state index in [0.29, 0.717) is 44.3 Å². The number of carbonyl (C=O) groups is 5. The predicted molar refractivity (Wildman–Crippen MR) is 163 cm³/mol. The van der Waals surface area contributed by atoms with Crippen LogP contribution in [0, 0.1) is 12.8 Å². The van der Waals surface area contributed by atoms with Gasteiger partial charge in [0, 0.05) is 23.5 Å². The van der Waals surface area contributed by atoms with Crippen molar-refractivity contribution >= 4 is 45.8 Å². The van der Waals surface area contributed by atoms with Crippen molar-refractivity contribution < 1.29 is 40.2 Å². The van der Waals surface area contributed by atoms with Crippen molar-refractivity contribution in [1.82, 2.24) is 5.32 Å². The Labute approximate surface area is 251 Å². The van der Waals surface area contributed by atoms with Crippen LogP contribution in [0.5, 0.6) is 0 Å². The van der Waals surface area contributed by atoms with Crippen LogP contribution in [0.15, 0.2) is 60.7 Å². The number of carbonyl (C=O) groups excluding carboxylic acids is 5. The number of unbranched alkanes of at least 4 members (excludes halogenated alkanes) is 1. The number of hydrogen-bond donors (Lipinski definition) is 4. The monoisotopic (exact) mass is 590 g/mol. The number of ether oxygens (including phenoxy) is 1. The molecular formula is C33H42N4O6+2. The third-order valence-corrected chi connectivity index (χ3v) is 7.33. The number of quaternary nitrogens is 2. The Hall–Kier alpha value is -4.41. The molecule has 0 saturated heterocycles. The maximum Gasteiger partial charge on any atom is 0.328 e. The first-order valence-electron chi connectivity index (χ1n) is 14.6. The minimum absolute atomic E-state index is 0.0546. The molecule has 2 unspecified atom stereocenters. The van der Waals surface area contributed by atoms with Gasteiger partial charge >= 0.3 is 5.97 Å². The summed E-state index contributed by atoms with van der Waals surface area (Å²) in [5.74, 6) is -3.86. The van der Waals surface area contributed by atoms with Crippen molar-refractivity contribution in [3.63, 3.8) is 0 Å². The molecule has 10 heteroatoms. The van der Waals surface area contributed by atoms with Crippen LogP contribution in [0.25, 0.3) is 10.8 Å². The maximum atomic E-state index is 13.5. The molecule has 0 aliphatic carbocycles. The highest BCUT2D eigenvalue weighted by atomic mass is 16.5. The Morgan fingerprint density at radius 3 is 2.26 bits per heavy atom. The smallest absolute Gasteiger partial charge is 0.328 e. The SMILES string of the molecule is COC(=O)C(CCC[NH3+])NC(=O)C(CCCC[NH3+])CC(=O)C(=O)c1cc(C)ccc1NC(=O)c1ccc2ccccc2c1. The summed E-state index contributed by atoms with van der Waals surface area (Å²) >= 11 is 0. The molecule has 0 saturated carbocycles. The first-order chi connectivity index (χ1) is 20.7. The zero-order valence-electron chi connectivity index (χ0n) is 24.9. The van der Waals surface area contributed by atoms with Crippen molar-refractivity contribution in [2.45, 2.75) is 51.5 Å². The second-order valence-corrected chi connectivity index (χ2v) is 10.6. The highest BCUT2D eigenvalue weighted by Gasteiger charge is 2.30. The van der Waals surface area contributed by atoms with Crippen molar-refractivity contribution in [2.24, 2.45) is 5.92 Å². The van der Waals surface area contributed by atoms with Crippen molar-refractivity contribution in [3.8, 4) is 0 Å². The lowest BCUT2D eigenvalue weighted by Gasteiger charge is -2.21. The van der Waals surface area contributed by atoms with E-state index in [9.17, 15) is 24.0 Å². The van der Waals surface area contributed by atoms with Gasteiger partial charge in [0.15, 0.2) is 0 Å². The van der Waals surface area contributed by atoms with Crippen LogP contribution in [0.1, 0.15) is 64.8 Å². The van der Waals surface area contributed by atoms with E-state index in [4.69, 9.17) is 4.74 Å². The summed E-state index contributed by atoms with van der Waals surface area (Å²) in [4.78, 5) is 65.5. The number of rotatable bonds is 16. The van der Waals surface area contributed by atoms with Gasteiger partial charge in [-0.1, -0.05) is 42.0 Å². The normalized spacial score (nSPS) is 12.3. The Morgan fingerprint density at radius 2 is 1.56 bits per heavy atom. The van der Waals surface area contributed by atoms with Crippen molar-refractivity contribution in [1.29, 1.82) is 0 Å². The molecule has 0 heterocycles. The van der Waals surface area contributed by atoms with Crippen LogP contribution in [-0.4, -0.2) is 55.6 Å². The minimum atomic E-state index is -0.867. The molecule has 0 aliphatic rings. The van der Waals surface area contributed by atoms with Gasteiger partial charge in [-0.2, -0.15) is 0 Å². The van der Waals surface area contributed by atoms with Gasteiger partial charge < -0.3 is 26.8 Å². The molecule has 2 atom stereocenters. The molecule has 8 N–H and O–H groups in total. The number of amides is 2. The first kappa shape index (κ1) is 33.1. The number of benzene rings is 3. The van der Waals surface area contributed by atoms with Gasteiger partial charge in [-0.05, 0) is 74.1 Å². The molecule has 3 aromatic carbocycles. The fraction of sp³-hybridized carbons (Fsp3) is 0.364. The summed E-state index contributed by atoms with van der Waals surface area (Å²) in [5.41, 5.74) is 9.01. The lowest BCUT2D eigenvalue weighted by molar-refractivity contribution is -0.369. The van der Waals surface area contributed by atoms with Crippen LogP contribution >= 0.6 is 0 Å². The van der Waals surface area contributed by atoms with Gasteiger partial charge in [-0.3, -0.25) is 19.2 Å². The molecule has 3 aromatic rings. The van der Waals surface area contributed by atoms with E-state index in [0.717, 1.165) is 22.8 Å². The summed E-state index contributed by atoms with van der Waals surface area (Å²) < 4.78 is 4.84. The van der Waals surface area contributed by atoms with Crippen molar-refractivity contribution in [3.05, 3.63) is 77.4 Å². The maximum absolute atomic E-state index is 13.5. The average Bonchev–Trinajstić information content (AvgIpc) is 3.02. The highest BCUT2D eigenvalue weighted by molar-refractivity contribution is 6.45. The molecule has 228 valence electrons. The van der Waals surface area contributed by atoms with E-state index in [1.165, 1.54) is 7.11 Å². The number of esters is 1. The highest BCUT2D eigenvalue weighted by Crippen LogP contribution is 2.23. The van der Waals surface area contributed by atoms with Gasteiger partial charge in [-0.25, -0.2) is 4.79 Å². The number of ketones is 2. The number of methoxy groups -OCH3 is 1. The van der Waals surface area contributed by atoms with Gasteiger partial charge in [-0.15, -0.1) is 0 Å². The second kappa shape index (κ2) is 16.3. The number of fused-ring (bicyclic) bond motifs is 1. The van der Waals surface area contributed by atoms with Crippen LogP contribution < -0.4 is 22.1 Å². The van der Waals surface area contributed by atoms with Gasteiger partial charge in [0.2, 0.25) is 17.5 Å². The predicted octanol–water partition coefficient (Wildman–Crippen LogP) is 2.25. The lowest BCUT2D eigenvalue weighted by atomic mass is 9.91. The molecule has 2 amide bonds. The van der Waals surface area contributed by atoms with Gasteiger partial charge in [0.1, 0.15) is 6.04 Å². The van der Waals surface area contributed by atoms with E-state index in [2.05, 4.69) is 22.1 Å². The molecule has 0 aliphatic heterocycles. The second-order valence-electron chi connectivity index (χ2n) is 10.6. The number of aryl methyl sites for hydroxylation is 1. The standard InChI is InChI=1S/C33H40N4O6/c1-21-12-15-27(36-32(41)25-14-13-22-8-3-4-9-23(22)19-25)26(18-21)30(39)29(38)20-24(10-5-6-16-34)31(40)37-28(11-7-17-35)33(42)43-2/h3-4,8-9,12-15,18-19,24,28H,5-7,10-11,16-17,20,34-35H2,1-2H3,(H,36,41)(H,37,40)/p+2. The van der Waals surface area contributed by atoms with Crippen LogP contribution in [-0.2, 0) is 19.1 Å². The number of hydrogen-bond acceptors (Lipinski definition) is 6. The topological polar surface area (TPSA) is 174 Å². The summed E-state index contributed by atoms with van der Waals surface area (Å²) in [5, 5.41) is 7.38. The fourth-order valence-electron chi connectivity index (χ4n) is 4.87. The minimum Gasteiger partial charge on any atom is -0.467 e. The van der Waals surface area contributed by atoms with Crippen LogP contribution in [0.3, 0.4) is 0 Å². The molecule has 0 fully saturated rings. The summed E-state index contributed by atoms with van der Waals surface area (Å²) in [6, 6.07) is 17.0. The molecule has 0 bridgehead atoms. The first-order valence-corrected chi connectivity index (χ1v) is 14.6. The Kier molecular flexibility index (Phi) is 12.5. The van der Waals surface area contributed by atoms with Crippen molar-refractivity contribution in [2.75, 3.05) is 25.5 Å². The fourth-order valence-corrected chi connectivity index (χ4v) is 4.87. The zero-order valence-corrected chi connectivity index (χ0v) is 24.9. The molecule has 10 nitrogen and oxygen atoms in total. The van der Waals surface area contributed by atoms with Gasteiger partial charge in [0.25, 0.3) is 5.91 Å². The summed E-state index contributed by atoms with van der Waals surface area (Å²) in [7, 11) is 1.25. The lowest BCUT2D eigenvalue weighted by Crippen LogP contribution is -2.51. The number of nitrogens with one attached hydrogen (secondary N) is 2. The van der Waals surface area contributed by atoms with E-state index >= 15 is 0 Å². The van der Waals surface area contributed by atoms with E-state index in [-0.39, 0.29) is 17.7 Å². The van der Waals surface area contributed by atoms with Crippen LogP contribution in [0.4, 0.5) is 5.69 Å². The van der Waals surface area contributed by atoms with E-state index < -0.39 is 41.3 Å². The number of Topliss-reactive ketones (excluding diaryl/α,β-unsaturated/α-hetero) is 2. The molecule has 43 heavy (non-hydrogen) atoms. The molecule has 0 aromatic heterocycles. The Morgan fingerprint density at radius 1 is 0.837 bits per heavy atom. The zero-order chi connectivity index (χ0) is 31.4. The van der Waals surface area contributed by atoms with Gasteiger partial charge in [0.05, 0.1) is 25.9 Å². The third-order valence-electron chi connectivity index (χ3n) is 7.33. The number of anilines is 1. The molecule has 0 spiro atoms. The quantitative estimate of drug-likeness (QED) is 0.0861. The third kappa shape index (κ3) is 9.29. The summed E-state index contributed by atoms with van der Waals surface area (Å²) in [6.07, 6.45) is 2.34. The van der Waals surface area contributed by atoms with Crippen LogP contribution in [0.2, 0.25) is 0 Å². The largest absolute Gasteiger partial charge is 0.467 e. The Bertz CT molecular complexity index is 1470. The van der Waals surface area contributed by atoms with E-state index in [1.54, 1.807) is 37.3 Å². The molecule has 0 radical (unpaired) electrons.